The molecule has 0 N–H and O–H groups in total. The number of hydrogen-bond donors (Lipinski definition) is 0. The van der Waals surface area contributed by atoms with Crippen molar-refractivity contribution in [2.24, 2.45) is 0 Å². The van der Waals surface area contributed by atoms with E-state index in [1.807, 2.05) is 13.8 Å². The zero-order valence-electron chi connectivity index (χ0n) is 12.0. The van der Waals surface area contributed by atoms with Gasteiger partial charge in [0.05, 0.1) is 12.3 Å². The Hall–Kier alpha value is -1.36. The average molecular weight is 267 g/mol. The fraction of sp³-hybridized carbons (Fsp3) is 0.714. The zero-order chi connectivity index (χ0) is 14.0. The van der Waals surface area contributed by atoms with Gasteiger partial charge >= 0.3 is 5.97 Å². The van der Waals surface area contributed by atoms with Crippen LogP contribution >= 0.6 is 0 Å². The number of carbonyl (C=O) groups excluding carboxylic acids is 1. The lowest BCUT2D eigenvalue weighted by molar-refractivity contribution is -0.0244. The minimum atomic E-state index is -0.603. The first-order valence-corrected chi connectivity index (χ1v) is 6.79. The fourth-order valence-electron chi connectivity index (χ4n) is 1.92. The molecule has 0 bridgehead atoms. The molecule has 19 heavy (non-hydrogen) atoms. The molecule has 0 saturated heterocycles. The summed E-state index contributed by atoms with van der Waals surface area (Å²) in [5.74, 6) is 0.603. The maximum absolute atomic E-state index is 11.9. The Morgan fingerprint density at radius 1 is 1.47 bits per heavy atom. The number of nitrogens with zero attached hydrogens (tertiary/aromatic N) is 1. The fourth-order valence-corrected chi connectivity index (χ4v) is 1.92. The van der Waals surface area contributed by atoms with E-state index < -0.39 is 11.6 Å². The van der Waals surface area contributed by atoms with E-state index >= 15 is 0 Å². The molecule has 0 radical (unpaired) electrons. The average Bonchev–Trinajstić information content (AvgIpc) is 3.16. The predicted octanol–water partition coefficient (Wildman–Crippen LogP) is 3.00. The molecule has 1 unspecified atom stereocenters. The molecular weight excluding hydrogens is 246 g/mol. The van der Waals surface area contributed by atoms with Gasteiger partial charge in [0.25, 0.3) is 0 Å². The molecular formula is C14H21NO4. The van der Waals surface area contributed by atoms with Crippen LogP contribution in [0.25, 0.3) is 0 Å². The Labute approximate surface area is 113 Å². The minimum absolute atomic E-state index is 0.246. The molecule has 0 aromatic carbocycles. The highest BCUT2D eigenvalue weighted by atomic mass is 16.5. The molecule has 1 saturated carbocycles. The molecule has 0 amide bonds. The molecule has 1 aromatic heterocycles. The monoisotopic (exact) mass is 267 g/mol. The first-order chi connectivity index (χ1) is 9.05. The zero-order valence-corrected chi connectivity index (χ0v) is 12.0. The van der Waals surface area contributed by atoms with Crippen molar-refractivity contribution in [1.29, 1.82) is 0 Å². The normalized spacial score (nSPS) is 18.1. The van der Waals surface area contributed by atoms with Crippen LogP contribution in [0.3, 0.4) is 0 Å². The Balaban J connectivity index is 2.37. The molecule has 1 atom stereocenters. The first kappa shape index (κ1) is 14.1. The van der Waals surface area contributed by atoms with Gasteiger partial charge in [0.15, 0.2) is 0 Å². The Bertz CT molecular complexity index is 458. The Morgan fingerprint density at radius 3 is 2.63 bits per heavy atom. The van der Waals surface area contributed by atoms with Crippen molar-refractivity contribution in [3.8, 4) is 0 Å². The van der Waals surface area contributed by atoms with Crippen molar-refractivity contribution in [3.05, 3.63) is 17.3 Å². The molecule has 2 rings (SSSR count). The summed E-state index contributed by atoms with van der Waals surface area (Å²) in [6.07, 6.45) is 2.82. The van der Waals surface area contributed by atoms with Crippen LogP contribution in [0, 0.1) is 0 Å². The summed E-state index contributed by atoms with van der Waals surface area (Å²) in [5.41, 5.74) is 0.124. The molecule has 1 fully saturated rings. The maximum Gasteiger partial charge on any atom is 0.376 e. The number of carbonyl (C=O) groups is 1. The van der Waals surface area contributed by atoms with Crippen molar-refractivity contribution >= 4 is 5.97 Å². The highest BCUT2D eigenvalue weighted by Gasteiger charge is 2.38. The van der Waals surface area contributed by atoms with E-state index in [9.17, 15) is 4.79 Å². The number of oxazole rings is 1. The highest BCUT2D eigenvalue weighted by molar-refractivity contribution is 5.87. The molecule has 1 aliphatic carbocycles. The topological polar surface area (TPSA) is 61.6 Å². The van der Waals surface area contributed by atoms with Gasteiger partial charge in [-0.15, -0.1) is 0 Å². The van der Waals surface area contributed by atoms with Crippen molar-refractivity contribution in [2.75, 3.05) is 13.7 Å². The first-order valence-electron chi connectivity index (χ1n) is 6.79. The van der Waals surface area contributed by atoms with E-state index in [0.29, 0.717) is 18.4 Å². The summed E-state index contributed by atoms with van der Waals surface area (Å²) in [6.45, 7) is 6.00. The largest absolute Gasteiger partial charge is 0.460 e. The van der Waals surface area contributed by atoms with Gasteiger partial charge in [-0.2, -0.15) is 0 Å². The molecule has 1 aliphatic rings. The maximum atomic E-state index is 11.9. The van der Waals surface area contributed by atoms with Crippen LogP contribution in [-0.2, 0) is 15.1 Å². The minimum Gasteiger partial charge on any atom is -0.460 e. The Kier molecular flexibility index (Phi) is 3.94. The van der Waals surface area contributed by atoms with Crippen LogP contribution in [-0.4, -0.2) is 24.7 Å². The SMILES string of the molecule is CCOC(=O)c1oc(C(C)(CC)OC)nc1C1CC1. The summed E-state index contributed by atoms with van der Waals surface area (Å²) in [5, 5.41) is 0. The van der Waals surface area contributed by atoms with Gasteiger partial charge in [-0.25, -0.2) is 9.78 Å². The van der Waals surface area contributed by atoms with Crippen LogP contribution in [0.15, 0.2) is 4.42 Å². The molecule has 5 heteroatoms. The van der Waals surface area contributed by atoms with Crippen molar-refractivity contribution in [1.82, 2.24) is 4.98 Å². The number of hydrogen-bond acceptors (Lipinski definition) is 5. The van der Waals surface area contributed by atoms with Gasteiger partial charge in [-0.3, -0.25) is 0 Å². The summed E-state index contributed by atoms with van der Waals surface area (Å²) in [7, 11) is 1.62. The summed E-state index contributed by atoms with van der Waals surface area (Å²) >= 11 is 0. The second-order valence-electron chi connectivity index (χ2n) is 5.02. The third kappa shape index (κ3) is 2.66. The van der Waals surface area contributed by atoms with E-state index in [4.69, 9.17) is 13.9 Å². The van der Waals surface area contributed by atoms with Gasteiger partial charge in [0, 0.05) is 13.0 Å². The molecule has 0 spiro atoms. The Morgan fingerprint density at radius 2 is 2.16 bits per heavy atom. The third-order valence-electron chi connectivity index (χ3n) is 3.66. The second-order valence-corrected chi connectivity index (χ2v) is 5.02. The second kappa shape index (κ2) is 5.33. The van der Waals surface area contributed by atoms with Gasteiger partial charge in [-0.05, 0) is 33.1 Å². The van der Waals surface area contributed by atoms with E-state index in [1.54, 1.807) is 14.0 Å². The number of aromatic nitrogens is 1. The lowest BCUT2D eigenvalue weighted by Crippen LogP contribution is -2.23. The lowest BCUT2D eigenvalue weighted by Gasteiger charge is -2.22. The van der Waals surface area contributed by atoms with E-state index in [1.165, 1.54) is 0 Å². The molecule has 1 aromatic rings. The van der Waals surface area contributed by atoms with Crippen LogP contribution in [0.4, 0.5) is 0 Å². The summed E-state index contributed by atoms with van der Waals surface area (Å²) in [6, 6.07) is 0. The quantitative estimate of drug-likeness (QED) is 0.741. The standard InChI is InChI=1S/C14H21NO4/c1-5-14(3,17-4)13-15-10(9-7-8-9)11(19-13)12(16)18-6-2/h9H,5-8H2,1-4H3. The van der Waals surface area contributed by atoms with Gasteiger partial charge in [0.1, 0.15) is 5.60 Å². The van der Waals surface area contributed by atoms with Gasteiger partial charge in [-0.1, -0.05) is 6.92 Å². The predicted molar refractivity (Wildman–Crippen MR) is 69.1 cm³/mol. The van der Waals surface area contributed by atoms with E-state index in [-0.39, 0.29) is 5.76 Å². The molecule has 0 aliphatic heterocycles. The number of ether oxygens (including phenoxy) is 2. The number of methoxy groups -OCH3 is 1. The van der Waals surface area contributed by atoms with Crippen LogP contribution < -0.4 is 0 Å². The van der Waals surface area contributed by atoms with Crippen LogP contribution in [0.2, 0.25) is 0 Å². The van der Waals surface area contributed by atoms with Crippen molar-refractivity contribution in [3.63, 3.8) is 0 Å². The van der Waals surface area contributed by atoms with Crippen molar-refractivity contribution in [2.45, 2.75) is 51.6 Å². The number of rotatable bonds is 6. The number of esters is 1. The van der Waals surface area contributed by atoms with E-state index in [0.717, 1.165) is 25.0 Å². The lowest BCUT2D eigenvalue weighted by atomic mass is 10.0. The third-order valence-corrected chi connectivity index (χ3v) is 3.66. The smallest absolute Gasteiger partial charge is 0.376 e. The molecule has 1 heterocycles. The van der Waals surface area contributed by atoms with Crippen molar-refractivity contribution < 1.29 is 18.7 Å². The van der Waals surface area contributed by atoms with Gasteiger partial charge in [0.2, 0.25) is 11.7 Å². The molecule has 5 nitrogen and oxygen atoms in total. The molecule has 106 valence electrons. The van der Waals surface area contributed by atoms with E-state index in [2.05, 4.69) is 4.98 Å². The van der Waals surface area contributed by atoms with Crippen LogP contribution in [0.5, 0.6) is 0 Å². The summed E-state index contributed by atoms with van der Waals surface area (Å²) < 4.78 is 16.2. The van der Waals surface area contributed by atoms with Crippen LogP contribution in [0.1, 0.15) is 68.1 Å². The highest BCUT2D eigenvalue weighted by Crippen LogP contribution is 2.43. The summed E-state index contributed by atoms with van der Waals surface area (Å²) in [4.78, 5) is 16.4. The van der Waals surface area contributed by atoms with Gasteiger partial charge < -0.3 is 13.9 Å².